The first kappa shape index (κ1) is 8.10. The van der Waals surface area contributed by atoms with Crippen LogP contribution in [0.1, 0.15) is 6.42 Å². The van der Waals surface area contributed by atoms with Crippen LogP contribution in [0, 0.1) is 0 Å². The number of rotatable bonds is 1. The van der Waals surface area contributed by atoms with Crippen LogP contribution in [0.25, 0.3) is 0 Å². The molecule has 0 spiro atoms. The molecule has 0 amide bonds. The molecule has 0 bridgehead atoms. The SMILES string of the molecule is COC1=C(N)CC(N)(N)C=C1. The van der Waals surface area contributed by atoms with Crippen LogP contribution in [0.15, 0.2) is 23.6 Å². The van der Waals surface area contributed by atoms with Crippen LogP contribution in [0.3, 0.4) is 0 Å². The molecule has 0 fully saturated rings. The quantitative estimate of drug-likeness (QED) is 0.440. The second-order valence-electron chi connectivity index (χ2n) is 2.72. The lowest BCUT2D eigenvalue weighted by Crippen LogP contribution is -2.49. The number of hydrogen-bond donors (Lipinski definition) is 3. The topological polar surface area (TPSA) is 87.3 Å². The maximum Gasteiger partial charge on any atom is 0.137 e. The minimum absolute atomic E-state index is 0.437. The van der Waals surface area contributed by atoms with Crippen molar-refractivity contribution < 1.29 is 4.74 Å². The Balaban J connectivity index is 2.82. The van der Waals surface area contributed by atoms with Gasteiger partial charge in [0.1, 0.15) is 5.76 Å². The molecule has 0 atom stereocenters. The van der Waals surface area contributed by atoms with E-state index >= 15 is 0 Å². The molecule has 6 N–H and O–H groups in total. The Hall–Kier alpha value is -1.00. The fourth-order valence-electron chi connectivity index (χ4n) is 1.01. The van der Waals surface area contributed by atoms with Crippen LogP contribution in [0.2, 0.25) is 0 Å². The van der Waals surface area contributed by atoms with Gasteiger partial charge in [0.05, 0.1) is 18.5 Å². The van der Waals surface area contributed by atoms with Gasteiger partial charge in [-0.15, -0.1) is 0 Å². The van der Waals surface area contributed by atoms with Crippen molar-refractivity contribution in [2.24, 2.45) is 17.2 Å². The van der Waals surface area contributed by atoms with Gasteiger partial charge < -0.3 is 21.9 Å². The van der Waals surface area contributed by atoms with Crippen LogP contribution in [-0.2, 0) is 4.74 Å². The third-order valence-corrected chi connectivity index (χ3v) is 1.58. The van der Waals surface area contributed by atoms with Crippen molar-refractivity contribution in [1.29, 1.82) is 0 Å². The zero-order valence-electron chi connectivity index (χ0n) is 6.50. The van der Waals surface area contributed by atoms with Gasteiger partial charge in [-0.25, -0.2) is 0 Å². The van der Waals surface area contributed by atoms with E-state index in [1.807, 2.05) is 0 Å². The second-order valence-corrected chi connectivity index (χ2v) is 2.72. The third kappa shape index (κ3) is 1.72. The van der Waals surface area contributed by atoms with Gasteiger partial charge in [0, 0.05) is 6.42 Å². The molecule has 0 aromatic carbocycles. The average Bonchev–Trinajstić information content (AvgIpc) is 1.86. The molecule has 0 radical (unpaired) electrons. The number of nitrogens with two attached hydrogens (primary N) is 3. The largest absolute Gasteiger partial charge is 0.495 e. The summed E-state index contributed by atoms with van der Waals surface area (Å²) in [5.41, 5.74) is 16.6. The molecule has 4 heteroatoms. The Labute approximate surface area is 65.7 Å². The number of ether oxygens (including phenoxy) is 1. The number of allylic oxidation sites excluding steroid dienone is 1. The summed E-state index contributed by atoms with van der Waals surface area (Å²) in [4.78, 5) is 0. The van der Waals surface area contributed by atoms with Crippen LogP contribution < -0.4 is 17.2 Å². The number of methoxy groups -OCH3 is 1. The highest BCUT2D eigenvalue weighted by Gasteiger charge is 2.22. The van der Waals surface area contributed by atoms with Crippen molar-refractivity contribution in [2.45, 2.75) is 12.1 Å². The van der Waals surface area contributed by atoms with E-state index in [1.54, 1.807) is 19.3 Å². The van der Waals surface area contributed by atoms with Crippen molar-refractivity contribution in [1.82, 2.24) is 0 Å². The maximum absolute atomic E-state index is 5.61. The lowest BCUT2D eigenvalue weighted by Gasteiger charge is -2.25. The Bertz CT molecular complexity index is 218. The summed E-state index contributed by atoms with van der Waals surface area (Å²) in [6, 6.07) is 0. The summed E-state index contributed by atoms with van der Waals surface area (Å²) in [6.45, 7) is 0. The van der Waals surface area contributed by atoms with Crippen LogP contribution in [0.4, 0.5) is 0 Å². The van der Waals surface area contributed by atoms with E-state index in [-0.39, 0.29) is 0 Å². The van der Waals surface area contributed by atoms with Crippen LogP contribution in [-0.4, -0.2) is 12.8 Å². The van der Waals surface area contributed by atoms with Crippen molar-refractivity contribution in [3.05, 3.63) is 23.6 Å². The van der Waals surface area contributed by atoms with Crippen molar-refractivity contribution >= 4 is 0 Å². The molecule has 0 aromatic rings. The predicted molar refractivity (Wildman–Crippen MR) is 43.1 cm³/mol. The standard InChI is InChI=1S/C7H13N3O/c1-11-6-2-3-7(9,10)4-5(6)8/h2-3H,4,8-10H2,1H3. The van der Waals surface area contributed by atoms with E-state index in [0.29, 0.717) is 17.9 Å². The molecule has 0 aromatic heterocycles. The van der Waals surface area contributed by atoms with Crippen LogP contribution in [0.5, 0.6) is 0 Å². The molecular weight excluding hydrogens is 142 g/mol. The highest BCUT2D eigenvalue weighted by Crippen LogP contribution is 2.18. The fraction of sp³-hybridized carbons (Fsp3) is 0.429. The molecule has 11 heavy (non-hydrogen) atoms. The summed E-state index contributed by atoms with van der Waals surface area (Å²) in [5, 5.41) is 0. The first-order chi connectivity index (χ1) is 5.05. The van der Waals surface area contributed by atoms with Crippen molar-refractivity contribution in [3.8, 4) is 0 Å². The minimum atomic E-state index is -0.813. The fourth-order valence-corrected chi connectivity index (χ4v) is 1.01. The molecule has 1 aliphatic rings. The van der Waals surface area contributed by atoms with E-state index in [2.05, 4.69) is 0 Å². The Morgan fingerprint density at radius 1 is 1.55 bits per heavy atom. The Morgan fingerprint density at radius 2 is 2.18 bits per heavy atom. The van der Waals surface area contributed by atoms with Crippen molar-refractivity contribution in [3.63, 3.8) is 0 Å². The lowest BCUT2D eigenvalue weighted by atomic mass is 10.00. The third-order valence-electron chi connectivity index (χ3n) is 1.58. The first-order valence-electron chi connectivity index (χ1n) is 3.35. The van der Waals surface area contributed by atoms with E-state index in [0.717, 1.165) is 0 Å². The van der Waals surface area contributed by atoms with E-state index in [1.165, 1.54) is 0 Å². The van der Waals surface area contributed by atoms with E-state index < -0.39 is 5.66 Å². The molecule has 0 aliphatic heterocycles. The molecule has 0 saturated carbocycles. The summed E-state index contributed by atoms with van der Waals surface area (Å²) in [5.74, 6) is 0.650. The van der Waals surface area contributed by atoms with E-state index in [9.17, 15) is 0 Å². The van der Waals surface area contributed by atoms with Gasteiger partial charge in [0.15, 0.2) is 0 Å². The smallest absolute Gasteiger partial charge is 0.137 e. The molecule has 0 saturated heterocycles. The minimum Gasteiger partial charge on any atom is -0.495 e. The highest BCUT2D eigenvalue weighted by molar-refractivity contribution is 5.28. The van der Waals surface area contributed by atoms with Crippen molar-refractivity contribution in [2.75, 3.05) is 7.11 Å². The average molecular weight is 155 g/mol. The summed E-state index contributed by atoms with van der Waals surface area (Å²) < 4.78 is 4.95. The lowest BCUT2D eigenvalue weighted by molar-refractivity contribution is 0.293. The van der Waals surface area contributed by atoms with Gasteiger partial charge in [0.2, 0.25) is 0 Å². The maximum atomic E-state index is 5.61. The summed E-state index contributed by atoms with van der Waals surface area (Å²) >= 11 is 0. The monoisotopic (exact) mass is 155 g/mol. The van der Waals surface area contributed by atoms with Gasteiger partial charge in [-0.1, -0.05) is 0 Å². The Morgan fingerprint density at radius 3 is 2.64 bits per heavy atom. The molecule has 1 rings (SSSR count). The predicted octanol–water partition coefficient (Wildman–Crippen LogP) is -0.623. The van der Waals surface area contributed by atoms with Gasteiger partial charge >= 0.3 is 0 Å². The molecule has 62 valence electrons. The highest BCUT2D eigenvalue weighted by atomic mass is 16.5. The van der Waals surface area contributed by atoms with Gasteiger partial charge in [-0.2, -0.15) is 0 Å². The second kappa shape index (κ2) is 2.56. The van der Waals surface area contributed by atoms with E-state index in [4.69, 9.17) is 21.9 Å². The molecule has 1 aliphatic carbocycles. The van der Waals surface area contributed by atoms with Gasteiger partial charge in [0.25, 0.3) is 0 Å². The molecule has 4 nitrogen and oxygen atoms in total. The normalized spacial score (nSPS) is 22.1. The Kier molecular flexibility index (Phi) is 1.89. The molecule has 0 heterocycles. The summed E-state index contributed by atoms with van der Waals surface area (Å²) in [7, 11) is 1.56. The zero-order chi connectivity index (χ0) is 8.48. The first-order valence-corrected chi connectivity index (χ1v) is 3.35. The van der Waals surface area contributed by atoms with Gasteiger partial charge in [-0.05, 0) is 12.2 Å². The molecular formula is C7H13N3O. The zero-order valence-corrected chi connectivity index (χ0v) is 6.50. The van der Waals surface area contributed by atoms with Gasteiger partial charge in [-0.3, -0.25) is 0 Å². The number of hydrogen-bond acceptors (Lipinski definition) is 4. The van der Waals surface area contributed by atoms with Crippen LogP contribution >= 0.6 is 0 Å². The molecule has 0 unspecified atom stereocenters. The summed E-state index contributed by atoms with van der Waals surface area (Å²) in [6.07, 6.45) is 3.81.